The van der Waals surface area contributed by atoms with Gasteiger partial charge in [-0.1, -0.05) is 53.6 Å². The first-order valence-electron chi connectivity index (χ1n) is 14.4. The molecule has 0 saturated heterocycles. The molecule has 0 amide bonds. The molecule has 17 heteroatoms. The molecule has 2 heterocycles. The first kappa shape index (κ1) is 44.5. The molecule has 4 rings (SSSR count). The third-order valence-corrected chi connectivity index (χ3v) is 8.15. The molecule has 0 unspecified atom stereocenters. The Labute approximate surface area is 314 Å². The van der Waals surface area contributed by atoms with Crippen molar-refractivity contribution < 1.29 is 47.9 Å². The molecule has 2 aromatic heterocycles. The molecule has 47 heavy (non-hydrogen) atoms. The smallest absolute Gasteiger partial charge is 0.373 e. The number of alkyl halides is 1. The maximum absolute atomic E-state index is 10.9. The topological polar surface area (TPSA) is 177 Å². The predicted octanol–water partition coefficient (Wildman–Crippen LogP) is 5.72. The van der Waals surface area contributed by atoms with E-state index in [0.29, 0.717) is 13.0 Å². The Morgan fingerprint density at radius 2 is 1.26 bits per heavy atom. The van der Waals surface area contributed by atoms with Gasteiger partial charge in [0, 0.05) is 22.2 Å². The van der Waals surface area contributed by atoms with E-state index in [1.54, 1.807) is 22.7 Å². The summed E-state index contributed by atoms with van der Waals surface area (Å²) in [5.74, 6) is 0. The number of nitrogens with zero attached hydrogens (tertiary/aromatic N) is 8. The van der Waals surface area contributed by atoms with Gasteiger partial charge in [0.2, 0.25) is 0 Å². The molecule has 0 fully saturated rings. The minimum absolute atomic E-state index is 0. The van der Waals surface area contributed by atoms with Gasteiger partial charge in [-0.3, -0.25) is 13.5 Å². The first-order chi connectivity index (χ1) is 22.0. The molecule has 0 atom stereocenters. The summed E-state index contributed by atoms with van der Waals surface area (Å²) in [5.41, 5.74) is 28.9. The number of benzene rings is 2. The summed E-state index contributed by atoms with van der Waals surface area (Å²) in [7, 11) is -4.36. The fourth-order valence-electron chi connectivity index (χ4n) is 4.01. The Hall–Kier alpha value is -2.55. The normalized spacial score (nSPS) is 9.91. The van der Waals surface area contributed by atoms with Gasteiger partial charge in [0.05, 0.1) is 42.8 Å². The van der Waals surface area contributed by atoms with Crippen LogP contribution in [0.5, 0.6) is 0 Å². The summed E-state index contributed by atoms with van der Waals surface area (Å²) in [6.45, 7) is 4.75. The number of rotatable bonds is 13. The van der Waals surface area contributed by atoms with E-state index in [-0.39, 0.29) is 48.6 Å². The minimum Gasteiger partial charge on any atom is -0.373 e. The maximum atomic E-state index is 10.9. The van der Waals surface area contributed by atoms with Gasteiger partial charge in [-0.05, 0) is 80.2 Å². The minimum atomic E-state index is -3.36. The molecule has 0 aliphatic carbocycles. The van der Waals surface area contributed by atoms with Crippen LogP contribution < -0.4 is 29.6 Å². The van der Waals surface area contributed by atoms with Crippen LogP contribution in [0.25, 0.3) is 26.4 Å². The molecule has 0 aliphatic heterocycles. The zero-order chi connectivity index (χ0) is 34.2. The summed E-state index contributed by atoms with van der Waals surface area (Å²) in [5, 5.41) is 10.0. The Morgan fingerprint density at radius 3 is 1.62 bits per heavy atom. The van der Waals surface area contributed by atoms with Crippen LogP contribution in [0, 0.1) is 13.8 Å². The fourth-order valence-corrected chi connectivity index (χ4v) is 5.69. The van der Waals surface area contributed by atoms with Crippen LogP contribution in [0.15, 0.2) is 64.4 Å². The van der Waals surface area contributed by atoms with E-state index in [1.807, 2.05) is 26.0 Å². The van der Waals surface area contributed by atoms with Crippen LogP contribution in [0.3, 0.4) is 0 Å². The van der Waals surface area contributed by atoms with Gasteiger partial charge in [0.15, 0.2) is 0 Å². The van der Waals surface area contributed by atoms with Crippen LogP contribution in [0.2, 0.25) is 0 Å². The van der Waals surface area contributed by atoms with Crippen LogP contribution in [0.1, 0.15) is 45.0 Å². The molecule has 2 aromatic carbocycles. The zero-order valence-electron chi connectivity index (χ0n) is 28.0. The second kappa shape index (κ2) is 27.4. The van der Waals surface area contributed by atoms with Crippen molar-refractivity contribution in [1.29, 1.82) is 0 Å². The largest absolute Gasteiger partial charge is 1.00 e. The SMILES string of the molecule is Cc1nc(CCc2cccc(CCN=[N+]=[N-])c2)cs1.Cc1nc(CCc2cccc(CCOS(C)(=O)=O)c2)cs1.Cl.[2H]CF.[N-]=[N+]=[N-].[Na+]. The number of halogens is 2. The van der Waals surface area contributed by atoms with E-state index >= 15 is 0 Å². The van der Waals surface area contributed by atoms with Crippen molar-refractivity contribution in [2.45, 2.75) is 52.4 Å². The van der Waals surface area contributed by atoms with Crippen LogP contribution in [-0.2, 0) is 52.8 Å². The van der Waals surface area contributed by atoms with Gasteiger partial charge >= 0.3 is 29.6 Å². The van der Waals surface area contributed by atoms with E-state index in [4.69, 9.17) is 22.1 Å². The first-order valence-corrected chi connectivity index (χ1v) is 17.3. The van der Waals surface area contributed by atoms with E-state index in [0.717, 1.165) is 59.6 Å². The summed E-state index contributed by atoms with van der Waals surface area (Å²) in [6.07, 6.45) is 6.30. The second-order valence-corrected chi connectivity index (χ2v) is 13.2. The third-order valence-electron chi connectivity index (χ3n) is 5.91. The van der Waals surface area contributed by atoms with Crippen molar-refractivity contribution in [1.82, 2.24) is 9.97 Å². The van der Waals surface area contributed by atoms with Crippen LogP contribution >= 0.6 is 35.1 Å². The number of aromatic nitrogens is 2. The van der Waals surface area contributed by atoms with Crippen molar-refractivity contribution in [3.8, 4) is 0 Å². The summed E-state index contributed by atoms with van der Waals surface area (Å²) in [6, 6.07) is 16.6. The van der Waals surface area contributed by atoms with Crippen LogP contribution in [-0.4, -0.2) is 44.9 Å². The Kier molecular flexibility index (Phi) is 25.9. The maximum Gasteiger partial charge on any atom is 1.00 e. The number of thiazole rings is 2. The van der Waals surface area contributed by atoms with E-state index in [2.05, 4.69) is 67.2 Å². The second-order valence-electron chi connectivity index (χ2n) is 9.43. The molecular formula is C30H39ClFN8NaO3S3. The average molecular weight is 734 g/mol. The summed E-state index contributed by atoms with van der Waals surface area (Å²) >= 11 is 3.37. The standard InChI is InChI=1S/C15H19NO3S2.C14H16N4S.CH3F.ClH.N3.Na/c1-12-16-15(11-20-12)7-6-13-4-3-5-14(10-13)8-9-19-21(2,17)18;1-11-17-14(10-19-11)6-5-12-3-2-4-13(9-12)7-8-16-18-15;1-2;;1-3-2;/h3-5,10-11H,6-9H2,1-2H3;2-4,9-10H,5-8H2,1H3;1H3;1H;;/q;;;;-1;+1/i;;1D;;;. The summed E-state index contributed by atoms with van der Waals surface area (Å²) in [4.78, 5) is 13.2. The van der Waals surface area contributed by atoms with Gasteiger partial charge in [-0.25, -0.2) is 9.97 Å². The molecule has 0 spiro atoms. The van der Waals surface area contributed by atoms with E-state index in [9.17, 15) is 12.8 Å². The van der Waals surface area contributed by atoms with Crippen molar-refractivity contribution >= 4 is 45.2 Å². The molecule has 0 bridgehead atoms. The molecular weight excluding hydrogens is 694 g/mol. The van der Waals surface area contributed by atoms with Gasteiger partial charge in [0.1, 0.15) is 0 Å². The third kappa shape index (κ3) is 22.6. The number of azide groups is 1. The quantitative estimate of drug-likeness (QED) is 0.0560. The zero-order valence-corrected chi connectivity index (χ0v) is 32.2. The Bertz CT molecular complexity index is 1650. The van der Waals surface area contributed by atoms with Gasteiger partial charge in [-0.2, -0.15) is 8.42 Å². The van der Waals surface area contributed by atoms with E-state index in [1.165, 1.54) is 27.3 Å². The Balaban J connectivity index is 0. The van der Waals surface area contributed by atoms with Crippen molar-refractivity contribution in [3.05, 3.63) is 129 Å². The number of hydrogen-bond donors (Lipinski definition) is 0. The van der Waals surface area contributed by atoms with Crippen LogP contribution in [0.4, 0.5) is 4.39 Å². The molecule has 0 radical (unpaired) electrons. The van der Waals surface area contributed by atoms with Gasteiger partial charge in [0.25, 0.3) is 10.1 Å². The molecule has 11 nitrogen and oxygen atoms in total. The Morgan fingerprint density at radius 1 is 0.851 bits per heavy atom. The van der Waals surface area contributed by atoms with Crippen molar-refractivity contribution in [2.75, 3.05) is 26.6 Å². The van der Waals surface area contributed by atoms with Gasteiger partial charge < -0.3 is 11.1 Å². The van der Waals surface area contributed by atoms with Crippen molar-refractivity contribution in [3.63, 3.8) is 0 Å². The number of hydrogen-bond acceptors (Lipinski definition) is 8. The van der Waals surface area contributed by atoms with Crippen molar-refractivity contribution in [2.24, 2.45) is 5.11 Å². The van der Waals surface area contributed by atoms with Gasteiger partial charge in [-0.15, -0.1) is 35.1 Å². The molecule has 0 N–H and O–H groups in total. The molecule has 250 valence electrons. The molecule has 0 saturated carbocycles. The molecule has 4 aromatic rings. The predicted molar refractivity (Wildman–Crippen MR) is 188 cm³/mol. The number of aryl methyl sites for hydroxylation is 6. The monoisotopic (exact) mass is 733 g/mol. The summed E-state index contributed by atoms with van der Waals surface area (Å²) < 4.78 is 42.1. The fraction of sp³-hybridized carbons (Fsp3) is 0.400. The molecule has 0 aliphatic rings. The van der Waals surface area contributed by atoms with E-state index < -0.39 is 17.3 Å². The average Bonchev–Trinajstić information content (AvgIpc) is 3.63.